The second-order valence-electron chi connectivity index (χ2n) is 5.76. The number of carbonyl (C=O) groups is 1. The summed E-state index contributed by atoms with van der Waals surface area (Å²) in [7, 11) is 1.75. The van der Waals surface area contributed by atoms with E-state index >= 15 is 0 Å². The zero-order valence-electron chi connectivity index (χ0n) is 13.4. The molecule has 1 amide bonds. The number of amides is 1. The summed E-state index contributed by atoms with van der Waals surface area (Å²) in [5, 5.41) is 4.62. The van der Waals surface area contributed by atoms with Gasteiger partial charge >= 0.3 is 0 Å². The Kier molecular flexibility index (Phi) is 4.63. The molecule has 3 heterocycles. The second kappa shape index (κ2) is 6.68. The number of piperazine rings is 1. The standard InChI is InChI=1S/C16H20ClN5O/c1-12-14(15(17)20(2)19-12)16(23)22-9-7-21(8-10-22)11-13-5-3-4-6-18-13/h3-6H,7-11H2,1-2H3. The van der Waals surface area contributed by atoms with Crippen LogP contribution in [-0.4, -0.2) is 56.7 Å². The molecule has 1 aliphatic rings. The fraction of sp³-hybridized carbons (Fsp3) is 0.438. The van der Waals surface area contributed by atoms with Gasteiger partial charge in [0.15, 0.2) is 0 Å². The summed E-state index contributed by atoms with van der Waals surface area (Å²) < 4.78 is 1.54. The SMILES string of the molecule is Cc1nn(C)c(Cl)c1C(=O)N1CCN(Cc2ccccn2)CC1. The van der Waals surface area contributed by atoms with Crippen LogP contribution >= 0.6 is 11.6 Å². The lowest BCUT2D eigenvalue weighted by Gasteiger charge is -2.34. The van der Waals surface area contributed by atoms with Gasteiger partial charge in [-0.2, -0.15) is 5.10 Å². The van der Waals surface area contributed by atoms with Gasteiger partial charge in [-0.1, -0.05) is 17.7 Å². The molecule has 0 atom stereocenters. The molecule has 1 saturated heterocycles. The summed E-state index contributed by atoms with van der Waals surface area (Å²) in [6, 6.07) is 5.94. The predicted octanol–water partition coefficient (Wildman–Crippen LogP) is 1.73. The number of rotatable bonds is 3. The van der Waals surface area contributed by atoms with Crippen molar-refractivity contribution in [2.45, 2.75) is 13.5 Å². The average molecular weight is 334 g/mol. The Hall–Kier alpha value is -1.92. The highest BCUT2D eigenvalue weighted by atomic mass is 35.5. The van der Waals surface area contributed by atoms with Crippen LogP contribution in [0.25, 0.3) is 0 Å². The Balaban J connectivity index is 1.61. The first kappa shape index (κ1) is 16.0. The molecule has 0 bridgehead atoms. The van der Waals surface area contributed by atoms with E-state index in [2.05, 4.69) is 15.0 Å². The van der Waals surface area contributed by atoms with Gasteiger partial charge in [-0.15, -0.1) is 0 Å². The molecule has 1 aliphatic heterocycles. The third-order valence-electron chi connectivity index (χ3n) is 4.14. The lowest BCUT2D eigenvalue weighted by atomic mass is 10.2. The predicted molar refractivity (Wildman–Crippen MR) is 88.4 cm³/mol. The first-order chi connectivity index (χ1) is 11.1. The molecule has 0 aliphatic carbocycles. The van der Waals surface area contributed by atoms with E-state index in [1.807, 2.05) is 36.2 Å². The van der Waals surface area contributed by atoms with Crippen LogP contribution in [0, 0.1) is 6.92 Å². The maximum absolute atomic E-state index is 12.7. The van der Waals surface area contributed by atoms with E-state index < -0.39 is 0 Å². The maximum atomic E-state index is 12.7. The van der Waals surface area contributed by atoms with E-state index in [-0.39, 0.29) is 5.91 Å². The van der Waals surface area contributed by atoms with E-state index in [4.69, 9.17) is 11.6 Å². The van der Waals surface area contributed by atoms with Crippen LogP contribution in [0.1, 0.15) is 21.7 Å². The van der Waals surface area contributed by atoms with Gasteiger partial charge in [0.25, 0.3) is 5.91 Å². The van der Waals surface area contributed by atoms with Crippen LogP contribution in [-0.2, 0) is 13.6 Å². The quantitative estimate of drug-likeness (QED) is 0.858. The molecule has 0 saturated carbocycles. The average Bonchev–Trinajstić information content (AvgIpc) is 2.81. The summed E-state index contributed by atoms with van der Waals surface area (Å²) in [5.74, 6) is -0.0295. The van der Waals surface area contributed by atoms with Gasteiger partial charge in [-0.3, -0.25) is 19.4 Å². The smallest absolute Gasteiger partial charge is 0.258 e. The molecule has 0 radical (unpaired) electrons. The molecule has 7 heteroatoms. The van der Waals surface area contributed by atoms with Gasteiger partial charge in [-0.25, -0.2) is 0 Å². The van der Waals surface area contributed by atoms with Gasteiger partial charge in [0.2, 0.25) is 0 Å². The molecule has 6 nitrogen and oxygen atoms in total. The minimum Gasteiger partial charge on any atom is -0.336 e. The van der Waals surface area contributed by atoms with E-state index in [1.165, 1.54) is 0 Å². The number of pyridine rings is 1. The highest BCUT2D eigenvalue weighted by Gasteiger charge is 2.27. The molecular formula is C16H20ClN5O. The molecule has 0 aromatic carbocycles. The van der Waals surface area contributed by atoms with Crippen LogP contribution in [0.2, 0.25) is 5.15 Å². The fourth-order valence-corrected chi connectivity index (χ4v) is 3.12. The molecular weight excluding hydrogens is 314 g/mol. The van der Waals surface area contributed by atoms with E-state index in [0.29, 0.717) is 29.5 Å². The second-order valence-corrected chi connectivity index (χ2v) is 6.12. The largest absolute Gasteiger partial charge is 0.336 e. The fourth-order valence-electron chi connectivity index (χ4n) is 2.86. The third-order valence-corrected chi connectivity index (χ3v) is 4.57. The van der Waals surface area contributed by atoms with E-state index in [0.717, 1.165) is 25.3 Å². The minimum atomic E-state index is -0.0295. The molecule has 2 aromatic heterocycles. The number of halogens is 1. The number of nitrogens with zero attached hydrogens (tertiary/aromatic N) is 5. The lowest BCUT2D eigenvalue weighted by molar-refractivity contribution is 0.0626. The Morgan fingerprint density at radius 3 is 2.57 bits per heavy atom. The van der Waals surface area contributed by atoms with Crippen LogP contribution < -0.4 is 0 Å². The van der Waals surface area contributed by atoms with Crippen molar-refractivity contribution < 1.29 is 4.79 Å². The molecule has 3 rings (SSSR count). The van der Waals surface area contributed by atoms with Crippen molar-refractivity contribution in [1.82, 2.24) is 24.6 Å². The van der Waals surface area contributed by atoms with Crippen LogP contribution in [0.3, 0.4) is 0 Å². The normalized spacial score (nSPS) is 15.9. The minimum absolute atomic E-state index is 0.0295. The maximum Gasteiger partial charge on any atom is 0.258 e. The third kappa shape index (κ3) is 3.38. The molecule has 23 heavy (non-hydrogen) atoms. The summed E-state index contributed by atoms with van der Waals surface area (Å²) in [6.45, 7) is 5.68. The van der Waals surface area contributed by atoms with E-state index in [9.17, 15) is 4.79 Å². The molecule has 2 aromatic rings. The lowest BCUT2D eigenvalue weighted by Crippen LogP contribution is -2.48. The first-order valence-electron chi connectivity index (χ1n) is 7.67. The Bertz CT molecular complexity index is 692. The Morgan fingerprint density at radius 2 is 2.00 bits per heavy atom. The van der Waals surface area contributed by atoms with Gasteiger partial charge in [-0.05, 0) is 19.1 Å². The number of carbonyl (C=O) groups excluding carboxylic acids is 1. The molecule has 122 valence electrons. The summed E-state index contributed by atoms with van der Waals surface area (Å²) in [5.41, 5.74) is 2.25. The monoisotopic (exact) mass is 333 g/mol. The summed E-state index contributed by atoms with van der Waals surface area (Å²) in [6.07, 6.45) is 1.81. The molecule has 1 fully saturated rings. The van der Waals surface area contributed by atoms with Crippen LogP contribution in [0.5, 0.6) is 0 Å². The van der Waals surface area contributed by atoms with Crippen molar-refractivity contribution in [1.29, 1.82) is 0 Å². The highest BCUT2D eigenvalue weighted by molar-refractivity contribution is 6.33. The number of hydrogen-bond acceptors (Lipinski definition) is 4. The topological polar surface area (TPSA) is 54.3 Å². The highest BCUT2D eigenvalue weighted by Crippen LogP contribution is 2.21. The molecule has 0 unspecified atom stereocenters. The van der Waals surface area contributed by atoms with Gasteiger partial charge in [0.1, 0.15) is 5.15 Å². The zero-order valence-corrected chi connectivity index (χ0v) is 14.1. The number of aryl methyl sites for hydroxylation is 2. The van der Waals surface area contributed by atoms with Crippen molar-refractivity contribution in [3.05, 3.63) is 46.5 Å². The summed E-state index contributed by atoms with van der Waals surface area (Å²) >= 11 is 6.20. The van der Waals surface area contributed by atoms with Gasteiger partial charge in [0, 0.05) is 46.0 Å². The van der Waals surface area contributed by atoms with Crippen molar-refractivity contribution in [2.75, 3.05) is 26.2 Å². The van der Waals surface area contributed by atoms with Crippen molar-refractivity contribution in [3.63, 3.8) is 0 Å². The Labute approximate surface area is 140 Å². The number of aromatic nitrogens is 3. The Morgan fingerprint density at radius 1 is 1.26 bits per heavy atom. The van der Waals surface area contributed by atoms with Crippen molar-refractivity contribution in [3.8, 4) is 0 Å². The zero-order chi connectivity index (χ0) is 16.4. The number of hydrogen-bond donors (Lipinski definition) is 0. The van der Waals surface area contributed by atoms with Gasteiger partial charge < -0.3 is 4.90 Å². The van der Waals surface area contributed by atoms with Crippen molar-refractivity contribution in [2.24, 2.45) is 7.05 Å². The van der Waals surface area contributed by atoms with Crippen LogP contribution in [0.4, 0.5) is 0 Å². The van der Waals surface area contributed by atoms with Gasteiger partial charge in [0.05, 0.1) is 17.0 Å². The first-order valence-corrected chi connectivity index (χ1v) is 8.04. The van der Waals surface area contributed by atoms with E-state index in [1.54, 1.807) is 11.7 Å². The summed E-state index contributed by atoms with van der Waals surface area (Å²) in [4.78, 5) is 21.2. The van der Waals surface area contributed by atoms with Crippen molar-refractivity contribution >= 4 is 17.5 Å². The molecule has 0 spiro atoms. The van der Waals surface area contributed by atoms with Crippen LogP contribution in [0.15, 0.2) is 24.4 Å². The molecule has 0 N–H and O–H groups in total.